The Morgan fingerprint density at radius 1 is 0.408 bits per heavy atom. The number of benzene rings is 8. The van der Waals surface area contributed by atoms with E-state index in [1.165, 1.54) is 53.2 Å². The molecule has 3 heteroatoms. The number of fused-ring (bicyclic) bond motifs is 7. The van der Waals surface area contributed by atoms with Crippen molar-refractivity contribution in [3.05, 3.63) is 176 Å². The monoisotopic (exact) mass is 643 g/mol. The summed E-state index contributed by atoms with van der Waals surface area (Å²) < 4.78 is 8.96. The topological polar surface area (TPSA) is 16.4 Å². The minimum atomic E-state index is 0.881. The zero-order valence-corrected chi connectivity index (χ0v) is 27.3. The second-order valence-corrected chi connectivity index (χ2v) is 13.6. The first-order valence-corrected chi connectivity index (χ1v) is 17.4. The molecule has 0 fully saturated rings. The van der Waals surface area contributed by atoms with E-state index in [4.69, 9.17) is 4.42 Å². The molecule has 2 nitrogen and oxygen atoms in total. The third kappa shape index (κ3) is 4.62. The van der Waals surface area contributed by atoms with Crippen molar-refractivity contribution < 1.29 is 4.42 Å². The number of hydrogen-bond acceptors (Lipinski definition) is 3. The van der Waals surface area contributed by atoms with Crippen LogP contribution in [-0.2, 0) is 0 Å². The van der Waals surface area contributed by atoms with Crippen LogP contribution in [0, 0.1) is 0 Å². The summed E-state index contributed by atoms with van der Waals surface area (Å²) in [6.07, 6.45) is 0. The first-order valence-electron chi connectivity index (χ1n) is 16.6. The predicted octanol–water partition coefficient (Wildman–Crippen LogP) is 13.9. The maximum atomic E-state index is 6.41. The molecule has 0 bridgehead atoms. The number of anilines is 3. The van der Waals surface area contributed by atoms with Crippen LogP contribution in [0.3, 0.4) is 0 Å². The van der Waals surface area contributed by atoms with Crippen LogP contribution in [0.15, 0.2) is 180 Å². The quantitative estimate of drug-likeness (QED) is 0.186. The predicted molar refractivity (Wildman–Crippen MR) is 210 cm³/mol. The minimum absolute atomic E-state index is 0.881. The molecule has 0 radical (unpaired) electrons. The van der Waals surface area contributed by atoms with E-state index in [1.54, 1.807) is 0 Å². The molecule has 8 aromatic carbocycles. The van der Waals surface area contributed by atoms with Crippen LogP contribution in [0.4, 0.5) is 17.1 Å². The maximum Gasteiger partial charge on any atom is 0.137 e. The molecule has 0 N–H and O–H groups in total. The zero-order valence-electron chi connectivity index (χ0n) is 26.5. The molecule has 0 aliphatic heterocycles. The molecule has 0 amide bonds. The number of nitrogens with zero attached hydrogens (tertiary/aromatic N) is 1. The summed E-state index contributed by atoms with van der Waals surface area (Å²) in [4.78, 5) is 2.39. The van der Waals surface area contributed by atoms with Crippen molar-refractivity contribution in [1.29, 1.82) is 0 Å². The van der Waals surface area contributed by atoms with Gasteiger partial charge in [0, 0.05) is 43.7 Å². The highest BCUT2D eigenvalue weighted by atomic mass is 32.1. The second-order valence-electron chi connectivity index (χ2n) is 12.5. The van der Waals surface area contributed by atoms with Gasteiger partial charge in [0.1, 0.15) is 11.2 Å². The maximum absolute atomic E-state index is 6.41. The molecule has 0 unspecified atom stereocenters. The van der Waals surface area contributed by atoms with E-state index in [9.17, 15) is 0 Å². The normalized spacial score (nSPS) is 11.7. The lowest BCUT2D eigenvalue weighted by Gasteiger charge is -2.26. The largest absolute Gasteiger partial charge is 0.456 e. The molecule has 0 saturated heterocycles. The van der Waals surface area contributed by atoms with Gasteiger partial charge < -0.3 is 9.32 Å². The Balaban J connectivity index is 1.18. The molecule has 0 spiro atoms. The van der Waals surface area contributed by atoms with Crippen LogP contribution < -0.4 is 4.90 Å². The molecule has 230 valence electrons. The van der Waals surface area contributed by atoms with Crippen LogP contribution in [0.1, 0.15) is 0 Å². The fourth-order valence-corrected chi connectivity index (χ4v) is 8.54. The SMILES string of the molecule is c1ccc(-c2cccc3ccc(-c4cccc(N(c5ccc6c(c5)oc5ccccc56)c5cccc6c5sc5ccccc56)c4)cc23)cc1. The average Bonchev–Trinajstić information content (AvgIpc) is 3.74. The van der Waals surface area contributed by atoms with Crippen LogP contribution >= 0.6 is 11.3 Å². The van der Waals surface area contributed by atoms with Crippen molar-refractivity contribution >= 4 is 81.3 Å². The summed E-state index contributed by atoms with van der Waals surface area (Å²) in [5.41, 5.74) is 9.90. The van der Waals surface area contributed by atoms with Crippen molar-refractivity contribution in [2.75, 3.05) is 4.90 Å². The van der Waals surface area contributed by atoms with Crippen LogP contribution in [0.5, 0.6) is 0 Å². The fraction of sp³-hybridized carbons (Fsp3) is 0. The minimum Gasteiger partial charge on any atom is -0.456 e. The van der Waals surface area contributed by atoms with E-state index < -0.39 is 0 Å². The summed E-state index contributed by atoms with van der Waals surface area (Å²) in [6.45, 7) is 0. The van der Waals surface area contributed by atoms with Gasteiger partial charge in [-0.1, -0.05) is 121 Å². The number of thiophene rings is 1. The second kappa shape index (κ2) is 11.2. The average molecular weight is 644 g/mol. The van der Waals surface area contributed by atoms with Crippen molar-refractivity contribution in [1.82, 2.24) is 0 Å². The van der Waals surface area contributed by atoms with Gasteiger partial charge in [0.05, 0.1) is 10.4 Å². The fourth-order valence-electron chi connectivity index (χ4n) is 7.34. The molecule has 2 heterocycles. The van der Waals surface area contributed by atoms with Crippen molar-refractivity contribution in [3.63, 3.8) is 0 Å². The first kappa shape index (κ1) is 27.9. The first-order chi connectivity index (χ1) is 24.3. The number of rotatable bonds is 5. The van der Waals surface area contributed by atoms with Gasteiger partial charge in [-0.15, -0.1) is 11.3 Å². The molecular formula is C46H29NOS. The Morgan fingerprint density at radius 3 is 2.06 bits per heavy atom. The van der Waals surface area contributed by atoms with Gasteiger partial charge in [-0.25, -0.2) is 0 Å². The summed E-state index contributed by atoms with van der Waals surface area (Å²) in [7, 11) is 0. The summed E-state index contributed by atoms with van der Waals surface area (Å²) >= 11 is 1.85. The van der Waals surface area contributed by atoms with Crippen LogP contribution in [0.25, 0.3) is 75.1 Å². The molecule has 10 aromatic rings. The van der Waals surface area contributed by atoms with E-state index >= 15 is 0 Å². The Kier molecular flexibility index (Phi) is 6.39. The molecule has 0 saturated carbocycles. The Morgan fingerprint density at radius 2 is 1.12 bits per heavy atom. The number of furan rings is 1. The van der Waals surface area contributed by atoms with Gasteiger partial charge in [0.2, 0.25) is 0 Å². The number of para-hydroxylation sites is 1. The van der Waals surface area contributed by atoms with Crippen molar-refractivity contribution in [3.8, 4) is 22.3 Å². The van der Waals surface area contributed by atoms with Gasteiger partial charge in [-0.05, 0) is 81.6 Å². The van der Waals surface area contributed by atoms with E-state index in [0.29, 0.717) is 0 Å². The standard InChI is InChI=1S/C46H29NOS/c1-2-11-30(12-3-1)36-18-9-13-31-23-24-33(28-41(31)36)32-14-8-15-34(27-32)47(35-25-26-38-37-16-4-6-21-43(37)48-44(38)29-35)42-20-10-19-40-39-17-5-7-22-45(39)49-46(40)42/h1-29H. The molecule has 0 atom stereocenters. The number of hydrogen-bond donors (Lipinski definition) is 0. The van der Waals surface area contributed by atoms with Crippen molar-refractivity contribution in [2.24, 2.45) is 0 Å². The molecule has 10 rings (SSSR count). The van der Waals surface area contributed by atoms with Gasteiger partial charge in [0.15, 0.2) is 0 Å². The highest BCUT2D eigenvalue weighted by Crippen LogP contribution is 2.46. The Bertz CT molecular complexity index is 2840. The highest BCUT2D eigenvalue weighted by molar-refractivity contribution is 7.26. The van der Waals surface area contributed by atoms with Gasteiger partial charge in [0.25, 0.3) is 0 Å². The molecule has 2 aromatic heterocycles. The summed E-state index contributed by atoms with van der Waals surface area (Å²) in [5, 5.41) is 7.30. The third-order valence-corrected chi connectivity index (χ3v) is 10.9. The van der Waals surface area contributed by atoms with Gasteiger partial charge >= 0.3 is 0 Å². The Labute approximate surface area is 287 Å². The lowest BCUT2D eigenvalue weighted by atomic mass is 9.94. The lowest BCUT2D eigenvalue weighted by Crippen LogP contribution is -2.10. The molecule has 0 aliphatic rings. The lowest BCUT2D eigenvalue weighted by molar-refractivity contribution is 0.669. The molecule has 0 aliphatic carbocycles. The van der Waals surface area contributed by atoms with E-state index in [-0.39, 0.29) is 0 Å². The summed E-state index contributed by atoms with van der Waals surface area (Å²) in [6, 6.07) is 63.3. The van der Waals surface area contributed by atoms with Crippen molar-refractivity contribution in [2.45, 2.75) is 0 Å². The van der Waals surface area contributed by atoms with Crippen LogP contribution in [0.2, 0.25) is 0 Å². The third-order valence-electron chi connectivity index (χ3n) is 9.65. The molecular weight excluding hydrogens is 615 g/mol. The van der Waals surface area contributed by atoms with Gasteiger partial charge in [-0.2, -0.15) is 0 Å². The molecule has 49 heavy (non-hydrogen) atoms. The summed E-state index contributed by atoms with van der Waals surface area (Å²) in [5.74, 6) is 0. The zero-order chi connectivity index (χ0) is 32.3. The highest BCUT2D eigenvalue weighted by Gasteiger charge is 2.20. The van der Waals surface area contributed by atoms with E-state index in [1.807, 2.05) is 23.5 Å². The smallest absolute Gasteiger partial charge is 0.137 e. The Hall–Kier alpha value is -6.16. The van der Waals surface area contributed by atoms with E-state index in [0.717, 1.165) is 39.0 Å². The van der Waals surface area contributed by atoms with E-state index in [2.05, 4.69) is 169 Å². The van der Waals surface area contributed by atoms with Gasteiger partial charge in [-0.3, -0.25) is 0 Å². The van der Waals surface area contributed by atoms with Crippen LogP contribution in [-0.4, -0.2) is 0 Å².